The van der Waals surface area contributed by atoms with Crippen LogP contribution in [0.3, 0.4) is 0 Å². The van der Waals surface area contributed by atoms with Gasteiger partial charge in [-0.05, 0) is 34.6 Å². The van der Waals surface area contributed by atoms with Crippen molar-refractivity contribution in [2.24, 2.45) is 17.3 Å². The fourth-order valence-electron chi connectivity index (χ4n) is 6.06. The largest absolute Gasteiger partial charge is 0.459 e. The predicted octanol–water partition coefficient (Wildman–Crippen LogP) is 1.61. The first-order chi connectivity index (χ1) is 15.8. The zero-order valence-electron chi connectivity index (χ0n) is 20.3. The highest BCUT2D eigenvalue weighted by atomic mass is 16.7. The first-order valence-corrected chi connectivity index (χ1v) is 11.8. The van der Waals surface area contributed by atoms with Crippen LogP contribution in [0.25, 0.3) is 0 Å². The zero-order chi connectivity index (χ0) is 25.0. The molecule has 3 saturated heterocycles. The summed E-state index contributed by atoms with van der Waals surface area (Å²) in [5, 5.41) is 11.8. The minimum absolute atomic E-state index is 0.151. The molecule has 9 nitrogen and oxygen atoms in total. The summed E-state index contributed by atoms with van der Waals surface area (Å²) in [4.78, 5) is 38.5. The van der Waals surface area contributed by atoms with Crippen LogP contribution in [-0.4, -0.2) is 70.8 Å². The van der Waals surface area contributed by atoms with E-state index in [0.717, 1.165) is 5.57 Å². The van der Waals surface area contributed by atoms with E-state index >= 15 is 0 Å². The Bertz CT molecular complexity index is 1020. The number of ether oxygens (including phenoxy) is 5. The molecule has 4 fully saturated rings. The van der Waals surface area contributed by atoms with Gasteiger partial charge in [0.1, 0.15) is 24.4 Å². The molecule has 34 heavy (non-hydrogen) atoms. The van der Waals surface area contributed by atoms with Crippen LogP contribution in [-0.2, 0) is 38.1 Å². The van der Waals surface area contributed by atoms with Crippen molar-refractivity contribution in [3.8, 4) is 0 Å². The number of carbonyl (C=O) groups is 3. The van der Waals surface area contributed by atoms with E-state index in [0.29, 0.717) is 6.42 Å². The van der Waals surface area contributed by atoms with Gasteiger partial charge < -0.3 is 28.8 Å². The Morgan fingerprint density at radius 2 is 1.62 bits per heavy atom. The summed E-state index contributed by atoms with van der Waals surface area (Å²) in [5.41, 5.74) is -2.18. The molecule has 3 aliphatic heterocycles. The molecule has 0 bridgehead atoms. The van der Waals surface area contributed by atoms with Crippen LogP contribution < -0.4 is 0 Å². The third kappa shape index (κ3) is 2.99. The Balaban J connectivity index is 1.52. The summed E-state index contributed by atoms with van der Waals surface area (Å²) in [5.74, 6) is -2.92. The normalized spacial score (nSPS) is 51.0. The van der Waals surface area contributed by atoms with E-state index in [4.69, 9.17) is 23.7 Å². The van der Waals surface area contributed by atoms with Gasteiger partial charge in [0, 0.05) is 23.3 Å². The molecule has 0 radical (unpaired) electrons. The molecule has 186 valence electrons. The number of carbonyl (C=O) groups excluding carboxylic acids is 3. The molecule has 5 rings (SSSR count). The van der Waals surface area contributed by atoms with E-state index in [1.807, 2.05) is 13.0 Å². The molecule has 0 spiro atoms. The number of hydrogen-bond acceptors (Lipinski definition) is 9. The monoisotopic (exact) mass is 476 g/mol. The number of aliphatic hydroxyl groups is 1. The standard InChI is InChI=1S/C25H32O9/c1-10-8-9-14(30-21(28)24(6)12(3)33-24)23(5)16(10)17-15(11(2)20(27)31-17)18(19(23)26)32-22(29)25(7)13(4)34-25/h8,12-19,26H,2,9H2,1,3-7H3/t12-,13-,14-,15+,16-,17-,18+,19+,23+,24+,25+/m1/s1. The van der Waals surface area contributed by atoms with Gasteiger partial charge in [0.2, 0.25) is 0 Å². The average Bonchev–Trinajstić information content (AvgIpc) is 3.56. The third-order valence-electron chi connectivity index (χ3n) is 8.98. The molecule has 1 saturated carbocycles. The first-order valence-electron chi connectivity index (χ1n) is 11.8. The molecule has 3 heterocycles. The lowest BCUT2D eigenvalue weighted by Gasteiger charge is -2.56. The van der Waals surface area contributed by atoms with Crippen LogP contribution >= 0.6 is 0 Å². The van der Waals surface area contributed by atoms with Crippen molar-refractivity contribution in [2.75, 3.05) is 0 Å². The highest BCUT2D eigenvalue weighted by Gasteiger charge is 2.69. The lowest BCUT2D eigenvalue weighted by molar-refractivity contribution is -0.228. The van der Waals surface area contributed by atoms with Gasteiger partial charge in [0.05, 0.1) is 18.1 Å². The SMILES string of the molecule is C=C1C(=O)O[C@@H]2[C@H]1[C@H](OC(=O)[C@@]1(C)O[C@@H]1C)[C@H](O)[C@]1(C)[C@@H]2C(C)=CC[C@H]1OC(=O)[C@@]1(C)O[C@@H]1C. The molecule has 0 amide bonds. The quantitative estimate of drug-likeness (QED) is 0.212. The Morgan fingerprint density at radius 3 is 2.15 bits per heavy atom. The molecule has 0 aromatic carbocycles. The number of rotatable bonds is 4. The van der Waals surface area contributed by atoms with Crippen molar-refractivity contribution in [1.29, 1.82) is 0 Å². The number of aliphatic hydroxyl groups excluding tert-OH is 1. The van der Waals surface area contributed by atoms with Gasteiger partial charge in [-0.2, -0.15) is 0 Å². The zero-order valence-corrected chi connectivity index (χ0v) is 20.3. The summed E-state index contributed by atoms with van der Waals surface area (Å²) in [6, 6.07) is 0. The predicted molar refractivity (Wildman–Crippen MR) is 116 cm³/mol. The van der Waals surface area contributed by atoms with Gasteiger partial charge >= 0.3 is 17.9 Å². The van der Waals surface area contributed by atoms with E-state index < -0.39 is 70.8 Å². The Hall–Kier alpha value is -2.23. The molecule has 1 N–H and O–H groups in total. The number of fused-ring (bicyclic) bond motifs is 3. The maximum Gasteiger partial charge on any atom is 0.341 e. The van der Waals surface area contributed by atoms with Crippen molar-refractivity contribution in [3.05, 3.63) is 23.8 Å². The number of hydrogen-bond donors (Lipinski definition) is 1. The molecule has 5 aliphatic rings. The third-order valence-corrected chi connectivity index (χ3v) is 8.98. The molecule has 2 aliphatic carbocycles. The van der Waals surface area contributed by atoms with Gasteiger partial charge in [-0.3, -0.25) is 0 Å². The van der Waals surface area contributed by atoms with Crippen LogP contribution in [0.2, 0.25) is 0 Å². The fraction of sp³-hybridized carbons (Fsp3) is 0.720. The van der Waals surface area contributed by atoms with Gasteiger partial charge in [-0.15, -0.1) is 0 Å². The van der Waals surface area contributed by atoms with Crippen LogP contribution in [0.1, 0.15) is 48.0 Å². The van der Waals surface area contributed by atoms with E-state index in [-0.39, 0.29) is 17.8 Å². The second-order valence-electron chi connectivity index (χ2n) is 10.9. The number of epoxide rings is 2. The second-order valence-corrected chi connectivity index (χ2v) is 10.9. The molecule has 0 aromatic rings. The van der Waals surface area contributed by atoms with E-state index in [2.05, 4.69) is 6.58 Å². The smallest absolute Gasteiger partial charge is 0.341 e. The maximum atomic E-state index is 13.0. The molecule has 0 unspecified atom stereocenters. The van der Waals surface area contributed by atoms with Crippen molar-refractivity contribution >= 4 is 17.9 Å². The van der Waals surface area contributed by atoms with Gasteiger partial charge in [-0.25, -0.2) is 14.4 Å². The molecular formula is C25H32O9. The van der Waals surface area contributed by atoms with Crippen LogP contribution in [0.4, 0.5) is 0 Å². The Morgan fingerprint density at radius 1 is 1.09 bits per heavy atom. The van der Waals surface area contributed by atoms with E-state index in [1.165, 1.54) is 0 Å². The second kappa shape index (κ2) is 7.15. The average molecular weight is 477 g/mol. The summed E-state index contributed by atoms with van der Waals surface area (Å²) in [6.07, 6.45) is -2.15. The van der Waals surface area contributed by atoms with Crippen molar-refractivity contribution in [3.63, 3.8) is 0 Å². The van der Waals surface area contributed by atoms with Gasteiger partial charge in [0.15, 0.2) is 11.2 Å². The summed E-state index contributed by atoms with van der Waals surface area (Å²) in [6.45, 7) is 14.4. The number of esters is 3. The topological polar surface area (TPSA) is 124 Å². The molecule has 11 atom stereocenters. The Kier molecular flexibility index (Phi) is 4.94. The highest BCUT2D eigenvalue weighted by Crippen LogP contribution is 2.58. The summed E-state index contributed by atoms with van der Waals surface area (Å²) < 4.78 is 28.4. The highest BCUT2D eigenvalue weighted by molar-refractivity contribution is 5.91. The fourth-order valence-corrected chi connectivity index (χ4v) is 6.06. The van der Waals surface area contributed by atoms with Crippen LogP contribution in [0.15, 0.2) is 23.8 Å². The molecular weight excluding hydrogens is 444 g/mol. The minimum atomic E-state index is -1.27. The molecule has 9 heteroatoms. The molecule has 0 aromatic heterocycles. The maximum absolute atomic E-state index is 13.0. The Labute approximate surface area is 198 Å². The van der Waals surface area contributed by atoms with Crippen LogP contribution in [0, 0.1) is 17.3 Å². The summed E-state index contributed by atoms with van der Waals surface area (Å²) in [7, 11) is 0. The van der Waals surface area contributed by atoms with Gasteiger partial charge in [0.25, 0.3) is 0 Å². The van der Waals surface area contributed by atoms with E-state index in [1.54, 1.807) is 34.6 Å². The summed E-state index contributed by atoms with van der Waals surface area (Å²) >= 11 is 0. The first kappa shape index (κ1) is 23.5. The van der Waals surface area contributed by atoms with Gasteiger partial charge in [-0.1, -0.05) is 25.2 Å². The van der Waals surface area contributed by atoms with E-state index in [9.17, 15) is 19.5 Å². The van der Waals surface area contributed by atoms with Crippen molar-refractivity contribution in [2.45, 2.75) is 95.8 Å². The minimum Gasteiger partial charge on any atom is -0.459 e. The lowest BCUT2D eigenvalue weighted by atomic mass is 9.53. The lowest BCUT2D eigenvalue weighted by Crippen LogP contribution is -2.66. The van der Waals surface area contributed by atoms with Crippen molar-refractivity contribution in [1.82, 2.24) is 0 Å². The van der Waals surface area contributed by atoms with Crippen LogP contribution in [0.5, 0.6) is 0 Å². The van der Waals surface area contributed by atoms with Crippen molar-refractivity contribution < 1.29 is 43.2 Å².